The minimum Gasteiger partial charge on any atom is -0.376 e. The van der Waals surface area contributed by atoms with E-state index in [4.69, 9.17) is 4.74 Å². The summed E-state index contributed by atoms with van der Waals surface area (Å²) in [5, 5.41) is 0. The lowest BCUT2D eigenvalue weighted by Gasteiger charge is -2.35. The van der Waals surface area contributed by atoms with Gasteiger partial charge in [-0.3, -0.25) is 0 Å². The summed E-state index contributed by atoms with van der Waals surface area (Å²) < 4.78 is 5.97. The average Bonchev–Trinajstić information content (AvgIpc) is 2.56. The molecular formula is C21H41NO. The Morgan fingerprint density at radius 2 is 1.61 bits per heavy atom. The molecule has 1 atom stereocenters. The molecule has 1 heterocycles. The SMILES string of the molecule is CCC(C)C1CCN(CCC[C@H]2CC[C@H](OC(C)C)CC2)CC1. The van der Waals surface area contributed by atoms with Crippen molar-refractivity contribution in [3.05, 3.63) is 0 Å². The van der Waals surface area contributed by atoms with Gasteiger partial charge in [0.25, 0.3) is 0 Å². The minimum atomic E-state index is 0.398. The van der Waals surface area contributed by atoms with Crippen LogP contribution in [-0.4, -0.2) is 36.7 Å². The molecule has 23 heavy (non-hydrogen) atoms. The molecule has 0 aromatic rings. The lowest BCUT2D eigenvalue weighted by Crippen LogP contribution is -2.36. The predicted molar refractivity (Wildman–Crippen MR) is 99.8 cm³/mol. The minimum absolute atomic E-state index is 0.398. The molecule has 0 bridgehead atoms. The van der Waals surface area contributed by atoms with Gasteiger partial charge in [-0.05, 0) is 103 Å². The van der Waals surface area contributed by atoms with Crippen molar-refractivity contribution in [2.24, 2.45) is 17.8 Å². The van der Waals surface area contributed by atoms with Crippen molar-refractivity contribution in [2.75, 3.05) is 19.6 Å². The Hall–Kier alpha value is -0.0800. The number of hydrogen-bond acceptors (Lipinski definition) is 2. The van der Waals surface area contributed by atoms with Crippen LogP contribution in [-0.2, 0) is 4.74 Å². The first-order valence-electron chi connectivity index (χ1n) is 10.5. The smallest absolute Gasteiger partial charge is 0.0578 e. The Labute approximate surface area is 145 Å². The van der Waals surface area contributed by atoms with E-state index in [1.54, 1.807) is 0 Å². The maximum atomic E-state index is 5.97. The Morgan fingerprint density at radius 1 is 0.957 bits per heavy atom. The van der Waals surface area contributed by atoms with Crippen LogP contribution in [0.25, 0.3) is 0 Å². The van der Waals surface area contributed by atoms with Crippen molar-refractivity contribution in [1.82, 2.24) is 4.90 Å². The van der Waals surface area contributed by atoms with Gasteiger partial charge in [-0.2, -0.15) is 0 Å². The fourth-order valence-electron chi connectivity index (χ4n) is 4.62. The summed E-state index contributed by atoms with van der Waals surface area (Å²) in [5.41, 5.74) is 0. The number of piperidine rings is 1. The lowest BCUT2D eigenvalue weighted by atomic mass is 9.83. The molecule has 0 aromatic carbocycles. The highest BCUT2D eigenvalue weighted by atomic mass is 16.5. The van der Waals surface area contributed by atoms with Gasteiger partial charge in [-0.1, -0.05) is 20.3 Å². The van der Waals surface area contributed by atoms with Crippen molar-refractivity contribution in [2.45, 2.75) is 97.7 Å². The summed E-state index contributed by atoms with van der Waals surface area (Å²) in [6.45, 7) is 13.2. The highest BCUT2D eigenvalue weighted by molar-refractivity contribution is 4.77. The number of likely N-dealkylation sites (tertiary alicyclic amines) is 1. The molecule has 2 fully saturated rings. The number of nitrogens with zero attached hydrogens (tertiary/aromatic N) is 1. The van der Waals surface area contributed by atoms with Gasteiger partial charge in [0.1, 0.15) is 0 Å². The largest absolute Gasteiger partial charge is 0.376 e. The van der Waals surface area contributed by atoms with Gasteiger partial charge in [0.2, 0.25) is 0 Å². The molecule has 1 saturated heterocycles. The summed E-state index contributed by atoms with van der Waals surface area (Å²) in [5.74, 6) is 2.90. The van der Waals surface area contributed by atoms with E-state index in [-0.39, 0.29) is 0 Å². The van der Waals surface area contributed by atoms with Crippen molar-refractivity contribution in [1.29, 1.82) is 0 Å². The first-order chi connectivity index (χ1) is 11.1. The molecule has 2 rings (SSSR count). The molecule has 136 valence electrons. The maximum absolute atomic E-state index is 5.97. The molecule has 2 nitrogen and oxygen atoms in total. The normalized spacial score (nSPS) is 29.1. The summed E-state index contributed by atoms with van der Waals surface area (Å²) in [4.78, 5) is 2.73. The van der Waals surface area contributed by atoms with E-state index in [0.717, 1.165) is 17.8 Å². The van der Waals surface area contributed by atoms with Crippen LogP contribution < -0.4 is 0 Å². The first kappa shape index (κ1) is 19.2. The topological polar surface area (TPSA) is 12.5 Å². The third-order valence-corrected chi connectivity index (χ3v) is 6.43. The fraction of sp³-hybridized carbons (Fsp3) is 1.00. The predicted octanol–water partition coefficient (Wildman–Crippen LogP) is 5.51. The van der Waals surface area contributed by atoms with Crippen molar-refractivity contribution in [3.8, 4) is 0 Å². The van der Waals surface area contributed by atoms with Crippen molar-refractivity contribution >= 4 is 0 Å². The third kappa shape index (κ3) is 6.74. The van der Waals surface area contributed by atoms with Gasteiger partial charge in [-0.15, -0.1) is 0 Å². The lowest BCUT2D eigenvalue weighted by molar-refractivity contribution is -0.0205. The number of ether oxygens (including phenoxy) is 1. The third-order valence-electron chi connectivity index (χ3n) is 6.43. The quantitative estimate of drug-likeness (QED) is 0.584. The van der Waals surface area contributed by atoms with Crippen molar-refractivity contribution < 1.29 is 4.74 Å². The zero-order valence-corrected chi connectivity index (χ0v) is 16.2. The summed E-state index contributed by atoms with van der Waals surface area (Å²) in [7, 11) is 0. The zero-order chi connectivity index (χ0) is 16.7. The monoisotopic (exact) mass is 323 g/mol. The Bertz CT molecular complexity index is 301. The molecule has 2 aliphatic rings. The van der Waals surface area contributed by atoms with Gasteiger partial charge in [-0.25, -0.2) is 0 Å². The van der Waals surface area contributed by atoms with Crippen LogP contribution in [0.5, 0.6) is 0 Å². The average molecular weight is 324 g/mol. The Kier molecular flexibility index (Phi) is 8.40. The van der Waals surface area contributed by atoms with Crippen LogP contribution in [0.4, 0.5) is 0 Å². The van der Waals surface area contributed by atoms with Crippen LogP contribution in [0, 0.1) is 17.8 Å². The molecule has 1 aliphatic heterocycles. The number of hydrogen-bond donors (Lipinski definition) is 0. The summed E-state index contributed by atoms with van der Waals surface area (Å²) in [6.07, 6.45) is 13.4. The van der Waals surface area contributed by atoms with Gasteiger partial charge < -0.3 is 9.64 Å². The van der Waals surface area contributed by atoms with Gasteiger partial charge >= 0.3 is 0 Å². The van der Waals surface area contributed by atoms with Gasteiger partial charge in [0.15, 0.2) is 0 Å². The summed E-state index contributed by atoms with van der Waals surface area (Å²) >= 11 is 0. The second-order valence-corrected chi connectivity index (χ2v) is 8.53. The molecule has 0 spiro atoms. The molecule has 1 unspecified atom stereocenters. The molecule has 1 saturated carbocycles. The first-order valence-corrected chi connectivity index (χ1v) is 10.5. The van der Waals surface area contributed by atoms with Crippen LogP contribution >= 0.6 is 0 Å². The molecular weight excluding hydrogens is 282 g/mol. The molecule has 2 heteroatoms. The second-order valence-electron chi connectivity index (χ2n) is 8.53. The second kappa shape index (κ2) is 10.0. The van der Waals surface area contributed by atoms with E-state index in [1.165, 1.54) is 77.4 Å². The maximum Gasteiger partial charge on any atom is 0.0578 e. The molecule has 0 N–H and O–H groups in total. The van der Waals surface area contributed by atoms with E-state index in [2.05, 4.69) is 32.6 Å². The van der Waals surface area contributed by atoms with Crippen LogP contribution in [0.15, 0.2) is 0 Å². The molecule has 1 aliphatic carbocycles. The summed E-state index contributed by atoms with van der Waals surface area (Å²) in [6, 6.07) is 0. The molecule has 0 amide bonds. The standard InChI is InChI=1S/C21H41NO/c1-5-18(4)20-12-15-22(16-13-20)14-6-7-19-8-10-21(11-9-19)23-17(2)3/h17-21H,5-16H2,1-4H3/t18?,19-,21-. The molecule has 0 radical (unpaired) electrons. The fourth-order valence-corrected chi connectivity index (χ4v) is 4.62. The highest BCUT2D eigenvalue weighted by Gasteiger charge is 2.24. The Balaban J connectivity index is 1.53. The van der Waals surface area contributed by atoms with E-state index in [1.807, 2.05) is 0 Å². The van der Waals surface area contributed by atoms with Crippen LogP contribution in [0.3, 0.4) is 0 Å². The highest BCUT2D eigenvalue weighted by Crippen LogP contribution is 2.31. The zero-order valence-electron chi connectivity index (χ0n) is 16.2. The van der Waals surface area contributed by atoms with Gasteiger partial charge in [0, 0.05) is 0 Å². The van der Waals surface area contributed by atoms with Crippen LogP contribution in [0.1, 0.15) is 85.5 Å². The van der Waals surface area contributed by atoms with E-state index >= 15 is 0 Å². The Morgan fingerprint density at radius 3 is 2.17 bits per heavy atom. The van der Waals surface area contributed by atoms with Gasteiger partial charge in [0.05, 0.1) is 12.2 Å². The van der Waals surface area contributed by atoms with E-state index < -0.39 is 0 Å². The van der Waals surface area contributed by atoms with E-state index in [0.29, 0.717) is 12.2 Å². The van der Waals surface area contributed by atoms with E-state index in [9.17, 15) is 0 Å². The van der Waals surface area contributed by atoms with Crippen molar-refractivity contribution in [3.63, 3.8) is 0 Å². The van der Waals surface area contributed by atoms with Crippen LogP contribution in [0.2, 0.25) is 0 Å². The number of rotatable bonds is 8. The molecule has 0 aromatic heterocycles.